The topological polar surface area (TPSA) is 102 Å². The summed E-state index contributed by atoms with van der Waals surface area (Å²) in [6.07, 6.45) is 2.03. The summed E-state index contributed by atoms with van der Waals surface area (Å²) in [6.45, 7) is 1.72. The SMILES string of the molecule is O=C(CCc1ncc(-c2ccc(F)cc2)o1)NCc1ccc(S(=O)(=O)N2CCOCC2)s1. The second-order valence-corrected chi connectivity index (χ2v) is 10.5. The number of ether oxygens (including phenoxy) is 1. The van der Waals surface area contributed by atoms with E-state index in [1.54, 1.807) is 30.5 Å². The Morgan fingerprint density at radius 3 is 2.66 bits per heavy atom. The maximum Gasteiger partial charge on any atom is 0.252 e. The molecule has 3 heterocycles. The average molecular weight is 480 g/mol. The molecule has 1 aliphatic heterocycles. The summed E-state index contributed by atoms with van der Waals surface area (Å²) in [6, 6.07) is 9.16. The molecule has 11 heteroatoms. The Bertz CT molecular complexity index is 1170. The van der Waals surface area contributed by atoms with Crippen LogP contribution in [0.1, 0.15) is 17.2 Å². The maximum absolute atomic E-state index is 13.0. The van der Waals surface area contributed by atoms with Gasteiger partial charge in [0.05, 0.1) is 26.0 Å². The molecule has 0 radical (unpaired) electrons. The Morgan fingerprint density at radius 2 is 1.91 bits per heavy atom. The highest BCUT2D eigenvalue weighted by Crippen LogP contribution is 2.25. The lowest BCUT2D eigenvalue weighted by Gasteiger charge is -2.25. The monoisotopic (exact) mass is 479 g/mol. The van der Waals surface area contributed by atoms with Crippen LogP contribution < -0.4 is 5.32 Å². The lowest BCUT2D eigenvalue weighted by Crippen LogP contribution is -2.40. The number of hydrogen-bond donors (Lipinski definition) is 1. The minimum Gasteiger partial charge on any atom is -0.441 e. The Balaban J connectivity index is 1.26. The average Bonchev–Trinajstić information content (AvgIpc) is 3.48. The van der Waals surface area contributed by atoms with Crippen LogP contribution >= 0.6 is 11.3 Å². The van der Waals surface area contributed by atoms with Crippen molar-refractivity contribution in [2.75, 3.05) is 26.3 Å². The summed E-state index contributed by atoms with van der Waals surface area (Å²) in [5.74, 6) is 0.390. The van der Waals surface area contributed by atoms with Crippen molar-refractivity contribution < 1.29 is 26.8 Å². The molecule has 2 aromatic heterocycles. The van der Waals surface area contributed by atoms with Crippen LogP contribution in [-0.2, 0) is 32.5 Å². The second-order valence-electron chi connectivity index (χ2n) is 7.14. The lowest BCUT2D eigenvalue weighted by atomic mass is 10.2. The van der Waals surface area contributed by atoms with Gasteiger partial charge in [0.25, 0.3) is 10.0 Å². The number of nitrogens with zero attached hydrogens (tertiary/aromatic N) is 2. The molecule has 4 rings (SSSR count). The standard InChI is InChI=1S/C21H22FN3O5S2/c22-16-3-1-15(2-4-16)18-14-24-20(30-18)7-6-19(26)23-13-17-5-8-21(31-17)32(27,28)25-9-11-29-12-10-25/h1-5,8,14H,6-7,9-13H2,(H,23,26). The van der Waals surface area contributed by atoms with E-state index in [1.807, 2.05) is 0 Å². The predicted molar refractivity (Wildman–Crippen MR) is 116 cm³/mol. The first-order chi connectivity index (χ1) is 15.4. The Kier molecular flexibility index (Phi) is 6.99. The molecule has 1 N–H and O–H groups in total. The van der Waals surface area contributed by atoms with E-state index in [0.717, 1.165) is 16.2 Å². The predicted octanol–water partition coefficient (Wildman–Crippen LogP) is 2.81. The van der Waals surface area contributed by atoms with Crippen LogP contribution in [0.5, 0.6) is 0 Å². The molecule has 0 atom stereocenters. The quantitative estimate of drug-likeness (QED) is 0.533. The van der Waals surface area contributed by atoms with Gasteiger partial charge in [-0.2, -0.15) is 4.31 Å². The van der Waals surface area contributed by atoms with Gasteiger partial charge < -0.3 is 14.5 Å². The molecule has 0 unspecified atom stereocenters. The van der Waals surface area contributed by atoms with E-state index < -0.39 is 10.0 Å². The molecule has 0 saturated carbocycles. The fourth-order valence-corrected chi connectivity index (χ4v) is 6.03. The van der Waals surface area contributed by atoms with Crippen molar-refractivity contribution in [2.45, 2.75) is 23.6 Å². The van der Waals surface area contributed by atoms with Crippen LogP contribution in [0.25, 0.3) is 11.3 Å². The van der Waals surface area contributed by atoms with Gasteiger partial charge in [0.15, 0.2) is 11.7 Å². The highest BCUT2D eigenvalue weighted by molar-refractivity contribution is 7.91. The number of carbonyl (C=O) groups excluding carboxylic acids is 1. The zero-order chi connectivity index (χ0) is 22.6. The molecule has 0 spiro atoms. The van der Waals surface area contributed by atoms with Crippen LogP contribution in [0, 0.1) is 5.82 Å². The minimum atomic E-state index is -3.53. The van der Waals surface area contributed by atoms with Gasteiger partial charge >= 0.3 is 0 Å². The van der Waals surface area contributed by atoms with Crippen molar-refractivity contribution in [1.82, 2.24) is 14.6 Å². The normalized spacial score (nSPS) is 15.0. The summed E-state index contributed by atoms with van der Waals surface area (Å²) in [7, 11) is -3.53. The molecule has 1 aromatic carbocycles. The zero-order valence-electron chi connectivity index (χ0n) is 17.1. The van der Waals surface area contributed by atoms with E-state index in [9.17, 15) is 17.6 Å². The van der Waals surface area contributed by atoms with Crippen LogP contribution in [0.4, 0.5) is 4.39 Å². The number of benzene rings is 1. The number of halogens is 1. The fraction of sp³-hybridized carbons (Fsp3) is 0.333. The van der Waals surface area contributed by atoms with Crippen LogP contribution in [0.2, 0.25) is 0 Å². The second kappa shape index (κ2) is 9.90. The number of amides is 1. The number of aryl methyl sites for hydroxylation is 1. The number of aromatic nitrogens is 1. The maximum atomic E-state index is 13.0. The number of rotatable bonds is 8. The van der Waals surface area contributed by atoms with Crippen molar-refractivity contribution in [3.05, 3.63) is 59.2 Å². The van der Waals surface area contributed by atoms with Crippen LogP contribution in [-0.4, -0.2) is 49.9 Å². The molecule has 1 saturated heterocycles. The molecule has 3 aromatic rings. The highest BCUT2D eigenvalue weighted by Gasteiger charge is 2.27. The van der Waals surface area contributed by atoms with Crippen molar-refractivity contribution in [2.24, 2.45) is 0 Å². The first-order valence-corrected chi connectivity index (χ1v) is 12.3. The number of oxazole rings is 1. The first kappa shape index (κ1) is 22.6. The smallest absolute Gasteiger partial charge is 0.252 e. The van der Waals surface area contributed by atoms with E-state index in [1.165, 1.54) is 16.4 Å². The number of thiophene rings is 1. The van der Waals surface area contributed by atoms with Gasteiger partial charge in [-0.05, 0) is 36.4 Å². The first-order valence-electron chi connectivity index (χ1n) is 10.1. The molecule has 0 bridgehead atoms. The number of morpholine rings is 1. The molecule has 1 fully saturated rings. The van der Waals surface area contributed by atoms with Gasteiger partial charge in [0, 0.05) is 36.4 Å². The molecule has 170 valence electrons. The number of hydrogen-bond acceptors (Lipinski definition) is 7. The van der Waals surface area contributed by atoms with Gasteiger partial charge in [0.1, 0.15) is 10.0 Å². The largest absolute Gasteiger partial charge is 0.441 e. The Morgan fingerprint density at radius 1 is 1.16 bits per heavy atom. The molecule has 8 nitrogen and oxygen atoms in total. The number of carbonyl (C=O) groups is 1. The van der Waals surface area contributed by atoms with Gasteiger partial charge in [-0.15, -0.1) is 11.3 Å². The fourth-order valence-electron chi connectivity index (χ4n) is 3.17. The highest BCUT2D eigenvalue weighted by atomic mass is 32.2. The van der Waals surface area contributed by atoms with Crippen molar-refractivity contribution in [1.29, 1.82) is 0 Å². The Labute approximate surface area is 189 Å². The van der Waals surface area contributed by atoms with E-state index in [2.05, 4.69) is 10.3 Å². The Hall–Kier alpha value is -2.60. The van der Waals surface area contributed by atoms with Crippen molar-refractivity contribution in [3.63, 3.8) is 0 Å². The number of sulfonamides is 1. The van der Waals surface area contributed by atoms with Crippen LogP contribution in [0.15, 0.2) is 51.2 Å². The van der Waals surface area contributed by atoms with Crippen LogP contribution in [0.3, 0.4) is 0 Å². The third-order valence-electron chi connectivity index (χ3n) is 4.91. The summed E-state index contributed by atoms with van der Waals surface area (Å²) < 4.78 is 50.9. The number of nitrogens with one attached hydrogen (secondary N) is 1. The van der Waals surface area contributed by atoms with Gasteiger partial charge in [0.2, 0.25) is 5.91 Å². The van der Waals surface area contributed by atoms with Crippen molar-refractivity contribution >= 4 is 27.3 Å². The molecular formula is C21H22FN3O5S2. The van der Waals surface area contributed by atoms with Gasteiger partial charge in [-0.3, -0.25) is 4.79 Å². The minimum absolute atomic E-state index is 0.174. The zero-order valence-corrected chi connectivity index (χ0v) is 18.8. The molecule has 1 aliphatic rings. The van der Waals surface area contributed by atoms with E-state index in [0.29, 0.717) is 49.9 Å². The molecule has 0 aliphatic carbocycles. The van der Waals surface area contributed by atoms with E-state index >= 15 is 0 Å². The third-order valence-corrected chi connectivity index (χ3v) is 8.36. The van der Waals surface area contributed by atoms with Gasteiger partial charge in [-0.25, -0.2) is 17.8 Å². The van der Waals surface area contributed by atoms with E-state index in [-0.39, 0.29) is 28.9 Å². The molecule has 32 heavy (non-hydrogen) atoms. The summed E-state index contributed by atoms with van der Waals surface area (Å²) >= 11 is 1.15. The van der Waals surface area contributed by atoms with Gasteiger partial charge in [-0.1, -0.05) is 0 Å². The molecular weight excluding hydrogens is 457 g/mol. The molecule has 1 amide bonds. The third kappa shape index (κ3) is 5.41. The van der Waals surface area contributed by atoms with E-state index in [4.69, 9.17) is 9.15 Å². The summed E-state index contributed by atoms with van der Waals surface area (Å²) in [5.41, 5.74) is 0.704. The lowest BCUT2D eigenvalue weighted by molar-refractivity contribution is -0.121. The van der Waals surface area contributed by atoms with Crippen molar-refractivity contribution in [3.8, 4) is 11.3 Å². The summed E-state index contributed by atoms with van der Waals surface area (Å²) in [4.78, 5) is 17.1. The summed E-state index contributed by atoms with van der Waals surface area (Å²) in [5, 5.41) is 2.79.